The van der Waals surface area contributed by atoms with Crippen LogP contribution < -0.4 is 10.6 Å². The van der Waals surface area contributed by atoms with Gasteiger partial charge in [0.15, 0.2) is 5.78 Å². The first kappa shape index (κ1) is 11.4. The molecule has 1 fully saturated rings. The van der Waals surface area contributed by atoms with Crippen LogP contribution in [0.1, 0.15) is 28.8 Å². The summed E-state index contributed by atoms with van der Waals surface area (Å²) in [6.07, 6.45) is 1.97. The number of nitrogens with two attached hydrogens (primary N) is 1. The molecule has 18 heavy (non-hydrogen) atoms. The summed E-state index contributed by atoms with van der Waals surface area (Å²) in [6, 6.07) is 5.73. The van der Waals surface area contributed by atoms with Crippen molar-refractivity contribution in [3.05, 3.63) is 29.3 Å². The van der Waals surface area contributed by atoms with Gasteiger partial charge in [-0.2, -0.15) is 0 Å². The molecule has 1 aliphatic carbocycles. The van der Waals surface area contributed by atoms with Crippen LogP contribution in [-0.2, 0) is 11.2 Å². The van der Waals surface area contributed by atoms with Crippen molar-refractivity contribution >= 4 is 17.4 Å². The SMILES string of the molecule is CN1C(=O)Cc2cc(C(=O)C3CC(N)C3)ccc21. The third-order valence-electron chi connectivity index (χ3n) is 3.99. The lowest BCUT2D eigenvalue weighted by Gasteiger charge is -2.31. The highest BCUT2D eigenvalue weighted by atomic mass is 16.2. The van der Waals surface area contributed by atoms with Crippen LogP contribution in [0.2, 0.25) is 0 Å². The summed E-state index contributed by atoms with van der Waals surface area (Å²) in [5, 5.41) is 0. The molecule has 0 saturated heterocycles. The summed E-state index contributed by atoms with van der Waals surface area (Å²) in [5.41, 5.74) is 8.30. The number of benzene rings is 1. The maximum absolute atomic E-state index is 12.2. The van der Waals surface area contributed by atoms with Crippen LogP contribution in [0.5, 0.6) is 0 Å². The smallest absolute Gasteiger partial charge is 0.231 e. The molecule has 4 heteroatoms. The third-order valence-corrected chi connectivity index (χ3v) is 3.99. The van der Waals surface area contributed by atoms with E-state index in [1.54, 1.807) is 11.9 Å². The number of carbonyl (C=O) groups is 2. The van der Waals surface area contributed by atoms with Crippen LogP contribution in [0.25, 0.3) is 0 Å². The maximum atomic E-state index is 12.2. The fourth-order valence-electron chi connectivity index (χ4n) is 2.74. The minimum Gasteiger partial charge on any atom is -0.328 e. The Labute approximate surface area is 106 Å². The average Bonchev–Trinajstić information content (AvgIpc) is 2.60. The predicted molar refractivity (Wildman–Crippen MR) is 68.6 cm³/mol. The molecular weight excluding hydrogens is 228 g/mol. The average molecular weight is 244 g/mol. The second-order valence-electron chi connectivity index (χ2n) is 5.27. The highest BCUT2D eigenvalue weighted by molar-refractivity contribution is 6.04. The molecule has 0 aromatic heterocycles. The molecule has 1 heterocycles. The summed E-state index contributed by atoms with van der Waals surface area (Å²) >= 11 is 0. The molecule has 94 valence electrons. The number of rotatable bonds is 2. The minimum atomic E-state index is 0.0767. The Morgan fingerprint density at radius 1 is 1.39 bits per heavy atom. The zero-order valence-electron chi connectivity index (χ0n) is 10.3. The first-order valence-corrected chi connectivity index (χ1v) is 6.25. The van der Waals surface area contributed by atoms with E-state index in [-0.39, 0.29) is 23.7 Å². The van der Waals surface area contributed by atoms with E-state index in [9.17, 15) is 9.59 Å². The van der Waals surface area contributed by atoms with Crippen LogP contribution in [0.3, 0.4) is 0 Å². The van der Waals surface area contributed by atoms with E-state index in [1.807, 2.05) is 18.2 Å². The highest BCUT2D eigenvalue weighted by Crippen LogP contribution is 2.32. The normalized spacial score (nSPS) is 25.9. The molecule has 1 aromatic rings. The first-order chi connectivity index (χ1) is 8.56. The summed E-state index contributed by atoms with van der Waals surface area (Å²) in [7, 11) is 1.76. The largest absolute Gasteiger partial charge is 0.328 e. The molecule has 1 aliphatic heterocycles. The van der Waals surface area contributed by atoms with E-state index < -0.39 is 0 Å². The maximum Gasteiger partial charge on any atom is 0.231 e. The Morgan fingerprint density at radius 3 is 2.78 bits per heavy atom. The van der Waals surface area contributed by atoms with E-state index in [0.717, 1.165) is 24.1 Å². The van der Waals surface area contributed by atoms with Crippen molar-refractivity contribution in [2.24, 2.45) is 11.7 Å². The van der Waals surface area contributed by atoms with Gasteiger partial charge in [-0.1, -0.05) is 0 Å². The predicted octanol–water partition coefficient (Wildman–Crippen LogP) is 1.13. The fourth-order valence-corrected chi connectivity index (χ4v) is 2.74. The number of carbonyl (C=O) groups excluding carboxylic acids is 2. The van der Waals surface area contributed by atoms with Gasteiger partial charge >= 0.3 is 0 Å². The van der Waals surface area contributed by atoms with Crippen molar-refractivity contribution in [2.45, 2.75) is 25.3 Å². The number of fused-ring (bicyclic) bond motifs is 1. The van der Waals surface area contributed by atoms with Crippen molar-refractivity contribution in [2.75, 3.05) is 11.9 Å². The molecule has 0 radical (unpaired) electrons. The van der Waals surface area contributed by atoms with Crippen molar-refractivity contribution in [1.29, 1.82) is 0 Å². The van der Waals surface area contributed by atoms with Gasteiger partial charge in [0.25, 0.3) is 0 Å². The molecule has 0 atom stereocenters. The van der Waals surface area contributed by atoms with Crippen LogP contribution in [0.15, 0.2) is 18.2 Å². The zero-order chi connectivity index (χ0) is 12.9. The molecule has 4 nitrogen and oxygen atoms in total. The van der Waals surface area contributed by atoms with Gasteiger partial charge in [-0.3, -0.25) is 9.59 Å². The van der Waals surface area contributed by atoms with E-state index in [4.69, 9.17) is 5.73 Å². The summed E-state index contributed by atoms with van der Waals surface area (Å²) in [4.78, 5) is 25.4. The molecule has 2 N–H and O–H groups in total. The fraction of sp³-hybridized carbons (Fsp3) is 0.429. The van der Waals surface area contributed by atoms with Crippen LogP contribution in [0, 0.1) is 5.92 Å². The van der Waals surface area contributed by atoms with E-state index >= 15 is 0 Å². The number of amides is 1. The van der Waals surface area contributed by atoms with E-state index in [2.05, 4.69) is 0 Å². The van der Waals surface area contributed by atoms with E-state index in [0.29, 0.717) is 12.0 Å². The van der Waals surface area contributed by atoms with Gasteiger partial charge in [0.2, 0.25) is 5.91 Å². The second-order valence-corrected chi connectivity index (χ2v) is 5.27. The van der Waals surface area contributed by atoms with Crippen molar-refractivity contribution in [3.8, 4) is 0 Å². The van der Waals surface area contributed by atoms with Crippen molar-refractivity contribution in [3.63, 3.8) is 0 Å². The molecule has 1 amide bonds. The second kappa shape index (κ2) is 3.92. The van der Waals surface area contributed by atoms with Crippen LogP contribution in [0.4, 0.5) is 5.69 Å². The zero-order valence-corrected chi connectivity index (χ0v) is 10.3. The van der Waals surface area contributed by atoms with Gasteiger partial charge in [-0.05, 0) is 36.6 Å². The number of anilines is 1. The molecule has 1 aromatic carbocycles. The Kier molecular flexibility index (Phi) is 2.48. The standard InChI is InChI=1S/C14H16N2O2/c1-16-12-3-2-8(4-9(12)7-13(16)17)14(18)10-5-11(15)6-10/h2-4,10-11H,5-7,15H2,1H3. The summed E-state index contributed by atoms with van der Waals surface area (Å²) < 4.78 is 0. The Morgan fingerprint density at radius 2 is 2.11 bits per heavy atom. The van der Waals surface area contributed by atoms with Crippen molar-refractivity contribution < 1.29 is 9.59 Å². The van der Waals surface area contributed by atoms with Gasteiger partial charge in [-0.25, -0.2) is 0 Å². The topological polar surface area (TPSA) is 63.4 Å². The number of hydrogen-bond donors (Lipinski definition) is 1. The molecule has 0 unspecified atom stereocenters. The Balaban J connectivity index is 1.86. The number of hydrogen-bond acceptors (Lipinski definition) is 3. The van der Waals surface area contributed by atoms with Gasteiger partial charge in [0, 0.05) is 30.3 Å². The lowest BCUT2D eigenvalue weighted by Crippen LogP contribution is -2.40. The van der Waals surface area contributed by atoms with Crippen LogP contribution >= 0.6 is 0 Å². The number of nitrogens with zero attached hydrogens (tertiary/aromatic N) is 1. The van der Waals surface area contributed by atoms with E-state index in [1.165, 1.54) is 0 Å². The molecule has 0 bridgehead atoms. The minimum absolute atomic E-state index is 0.0767. The molecule has 1 saturated carbocycles. The van der Waals surface area contributed by atoms with Crippen molar-refractivity contribution in [1.82, 2.24) is 0 Å². The number of Topliss-reactive ketones (excluding diaryl/α,β-unsaturated/α-hetero) is 1. The summed E-state index contributed by atoms with van der Waals surface area (Å²) in [5.74, 6) is 0.328. The Hall–Kier alpha value is -1.68. The molecule has 2 aliphatic rings. The van der Waals surface area contributed by atoms with Gasteiger partial charge in [0.1, 0.15) is 0 Å². The molecule has 0 spiro atoms. The molecular formula is C14H16N2O2. The quantitative estimate of drug-likeness (QED) is 0.793. The molecule has 3 rings (SSSR count). The first-order valence-electron chi connectivity index (χ1n) is 6.25. The lowest BCUT2D eigenvalue weighted by molar-refractivity contribution is -0.117. The number of likely N-dealkylation sites (N-methyl/N-ethyl adjacent to an activating group) is 1. The van der Waals surface area contributed by atoms with Gasteiger partial charge in [0.05, 0.1) is 6.42 Å². The monoisotopic (exact) mass is 244 g/mol. The summed E-state index contributed by atoms with van der Waals surface area (Å²) in [6.45, 7) is 0. The number of ketones is 1. The lowest BCUT2D eigenvalue weighted by atomic mass is 9.76. The third kappa shape index (κ3) is 1.64. The highest BCUT2D eigenvalue weighted by Gasteiger charge is 2.33. The van der Waals surface area contributed by atoms with Gasteiger partial charge < -0.3 is 10.6 Å². The van der Waals surface area contributed by atoms with Gasteiger partial charge in [-0.15, -0.1) is 0 Å². The Bertz CT molecular complexity index is 533. The van der Waals surface area contributed by atoms with Crippen LogP contribution in [-0.4, -0.2) is 24.8 Å².